The first kappa shape index (κ1) is 7.80. The van der Waals surface area contributed by atoms with E-state index in [9.17, 15) is 0 Å². The average molecular weight is 184 g/mol. The molecule has 0 unspecified atom stereocenters. The van der Waals surface area contributed by atoms with Crippen LogP contribution in [0.4, 0.5) is 5.82 Å². The van der Waals surface area contributed by atoms with Crippen molar-refractivity contribution in [2.24, 2.45) is 0 Å². The van der Waals surface area contributed by atoms with E-state index in [1.807, 2.05) is 12.1 Å². The summed E-state index contributed by atoms with van der Waals surface area (Å²) in [6.07, 6.45) is 2.68. The van der Waals surface area contributed by atoms with Gasteiger partial charge in [-0.1, -0.05) is 6.07 Å². The molecule has 3 rings (SSSR count). The van der Waals surface area contributed by atoms with E-state index in [0.717, 1.165) is 11.4 Å². The summed E-state index contributed by atoms with van der Waals surface area (Å²) in [6, 6.07) is 10.4. The van der Waals surface area contributed by atoms with Crippen LogP contribution in [0.3, 0.4) is 0 Å². The van der Waals surface area contributed by atoms with Gasteiger partial charge in [-0.25, -0.2) is 4.98 Å². The van der Waals surface area contributed by atoms with Gasteiger partial charge >= 0.3 is 0 Å². The van der Waals surface area contributed by atoms with Gasteiger partial charge in [0.1, 0.15) is 5.82 Å². The summed E-state index contributed by atoms with van der Waals surface area (Å²) in [5, 5.41) is 1.20. The molecule has 70 valence electrons. The Morgan fingerprint density at radius 2 is 2.00 bits per heavy atom. The lowest BCUT2D eigenvalue weighted by atomic mass is 10.1. The maximum Gasteiger partial charge on any atom is 0.124 e. The van der Waals surface area contributed by atoms with E-state index in [1.165, 1.54) is 23.8 Å². The molecular formula is C12H12N2. The normalized spacial score (nSPS) is 16.0. The predicted molar refractivity (Wildman–Crippen MR) is 58.1 cm³/mol. The predicted octanol–water partition coefficient (Wildman–Crippen LogP) is 2.69. The first-order chi connectivity index (χ1) is 6.83. The summed E-state index contributed by atoms with van der Waals surface area (Å²) < 4.78 is 0. The van der Waals surface area contributed by atoms with Crippen LogP contribution in [0, 0.1) is 0 Å². The van der Waals surface area contributed by atoms with Crippen molar-refractivity contribution in [3.05, 3.63) is 35.9 Å². The van der Waals surface area contributed by atoms with Crippen LogP contribution in [0.2, 0.25) is 0 Å². The van der Waals surface area contributed by atoms with Crippen molar-refractivity contribution in [1.82, 2.24) is 4.98 Å². The third-order valence-electron chi connectivity index (χ3n) is 2.78. The highest BCUT2D eigenvalue weighted by Crippen LogP contribution is 2.40. The molecule has 2 nitrogen and oxygen atoms in total. The van der Waals surface area contributed by atoms with E-state index in [4.69, 9.17) is 5.73 Å². The van der Waals surface area contributed by atoms with Crippen LogP contribution in [-0.2, 0) is 0 Å². The Labute approximate surface area is 82.8 Å². The highest BCUT2D eigenvalue weighted by molar-refractivity contribution is 5.80. The molecule has 0 radical (unpaired) electrons. The first-order valence-electron chi connectivity index (χ1n) is 4.99. The van der Waals surface area contributed by atoms with Gasteiger partial charge in [-0.3, -0.25) is 0 Å². The van der Waals surface area contributed by atoms with E-state index in [1.54, 1.807) is 0 Å². The highest BCUT2D eigenvalue weighted by Gasteiger charge is 2.23. The molecule has 0 aliphatic heterocycles. The first-order valence-corrected chi connectivity index (χ1v) is 4.99. The van der Waals surface area contributed by atoms with Gasteiger partial charge in [0.2, 0.25) is 0 Å². The lowest BCUT2D eigenvalue weighted by molar-refractivity contribution is 1.14. The van der Waals surface area contributed by atoms with Gasteiger partial charge in [0.15, 0.2) is 0 Å². The minimum absolute atomic E-state index is 0.594. The molecule has 1 heterocycles. The molecule has 0 saturated heterocycles. The monoisotopic (exact) mass is 184 g/mol. The van der Waals surface area contributed by atoms with Crippen molar-refractivity contribution >= 4 is 16.7 Å². The maximum atomic E-state index is 5.62. The number of nitrogens with zero attached hydrogens (tertiary/aromatic N) is 1. The molecule has 1 aromatic heterocycles. The van der Waals surface area contributed by atoms with E-state index >= 15 is 0 Å². The Balaban J connectivity index is 2.18. The molecule has 0 atom stereocenters. The van der Waals surface area contributed by atoms with Gasteiger partial charge in [0, 0.05) is 5.39 Å². The molecule has 0 bridgehead atoms. The fourth-order valence-electron chi connectivity index (χ4n) is 1.83. The maximum absolute atomic E-state index is 5.62. The number of nitrogens with two attached hydrogens (primary N) is 1. The molecule has 2 N–H and O–H groups in total. The summed E-state index contributed by atoms with van der Waals surface area (Å²) in [4.78, 5) is 4.27. The average Bonchev–Trinajstić information content (AvgIpc) is 3.00. The van der Waals surface area contributed by atoms with E-state index in [0.29, 0.717) is 5.82 Å². The van der Waals surface area contributed by atoms with Crippen molar-refractivity contribution in [3.8, 4) is 0 Å². The van der Waals surface area contributed by atoms with Crippen molar-refractivity contribution in [1.29, 1.82) is 0 Å². The van der Waals surface area contributed by atoms with Crippen molar-refractivity contribution in [2.45, 2.75) is 18.8 Å². The van der Waals surface area contributed by atoms with Crippen molar-refractivity contribution in [3.63, 3.8) is 0 Å². The molecular weight excluding hydrogens is 172 g/mol. The molecule has 0 spiro atoms. The van der Waals surface area contributed by atoms with Gasteiger partial charge in [0.05, 0.1) is 5.52 Å². The Kier molecular flexibility index (Phi) is 1.51. The molecule has 0 amide bonds. The van der Waals surface area contributed by atoms with E-state index < -0.39 is 0 Å². The molecule has 1 fully saturated rings. The Morgan fingerprint density at radius 1 is 1.14 bits per heavy atom. The number of pyridine rings is 1. The number of nitrogen functional groups attached to an aromatic ring is 1. The smallest absolute Gasteiger partial charge is 0.124 e. The number of aromatic nitrogens is 1. The van der Waals surface area contributed by atoms with Gasteiger partial charge in [-0.2, -0.15) is 0 Å². The second kappa shape index (κ2) is 2.71. The van der Waals surface area contributed by atoms with Gasteiger partial charge in [-0.05, 0) is 48.6 Å². The zero-order valence-electron chi connectivity index (χ0n) is 7.90. The lowest BCUT2D eigenvalue weighted by Gasteiger charge is -2.01. The number of hydrogen-bond donors (Lipinski definition) is 1. The van der Waals surface area contributed by atoms with Crippen molar-refractivity contribution in [2.75, 3.05) is 5.73 Å². The lowest BCUT2D eigenvalue weighted by Crippen LogP contribution is -1.90. The standard InChI is InChI=1S/C12H12N2/c13-12-6-4-10-7-9(8-1-2-8)3-5-11(10)14-12/h3-8H,1-2H2,(H2,13,14). The molecule has 2 heteroatoms. The minimum atomic E-state index is 0.594. The summed E-state index contributed by atoms with van der Waals surface area (Å²) in [6.45, 7) is 0. The van der Waals surface area contributed by atoms with Crippen LogP contribution in [0.1, 0.15) is 24.3 Å². The number of hydrogen-bond acceptors (Lipinski definition) is 2. The largest absolute Gasteiger partial charge is 0.384 e. The van der Waals surface area contributed by atoms with Crippen LogP contribution >= 0.6 is 0 Å². The number of anilines is 1. The van der Waals surface area contributed by atoms with Crippen LogP contribution in [0.5, 0.6) is 0 Å². The Hall–Kier alpha value is -1.57. The summed E-state index contributed by atoms with van der Waals surface area (Å²) in [5.41, 5.74) is 8.07. The van der Waals surface area contributed by atoms with Crippen LogP contribution < -0.4 is 5.73 Å². The molecule has 1 aliphatic rings. The fraction of sp³-hybridized carbons (Fsp3) is 0.250. The minimum Gasteiger partial charge on any atom is -0.384 e. The third kappa shape index (κ3) is 1.23. The fourth-order valence-corrected chi connectivity index (χ4v) is 1.83. The van der Waals surface area contributed by atoms with Crippen LogP contribution in [0.25, 0.3) is 10.9 Å². The quantitative estimate of drug-likeness (QED) is 0.740. The highest BCUT2D eigenvalue weighted by atomic mass is 14.8. The van der Waals surface area contributed by atoms with Gasteiger partial charge in [0.25, 0.3) is 0 Å². The molecule has 1 aromatic carbocycles. The SMILES string of the molecule is Nc1ccc2cc(C3CC3)ccc2n1. The Morgan fingerprint density at radius 3 is 2.79 bits per heavy atom. The zero-order valence-corrected chi connectivity index (χ0v) is 7.90. The number of benzene rings is 1. The van der Waals surface area contributed by atoms with Gasteiger partial charge < -0.3 is 5.73 Å². The summed E-state index contributed by atoms with van der Waals surface area (Å²) in [7, 11) is 0. The molecule has 2 aromatic rings. The molecule has 1 aliphatic carbocycles. The second-order valence-electron chi connectivity index (χ2n) is 3.96. The van der Waals surface area contributed by atoms with Gasteiger partial charge in [-0.15, -0.1) is 0 Å². The number of rotatable bonds is 1. The summed E-state index contributed by atoms with van der Waals surface area (Å²) in [5.74, 6) is 1.40. The van der Waals surface area contributed by atoms with E-state index in [2.05, 4.69) is 23.2 Å². The van der Waals surface area contributed by atoms with Crippen LogP contribution in [-0.4, -0.2) is 4.98 Å². The number of fused-ring (bicyclic) bond motifs is 1. The van der Waals surface area contributed by atoms with Crippen LogP contribution in [0.15, 0.2) is 30.3 Å². The molecule has 1 saturated carbocycles. The topological polar surface area (TPSA) is 38.9 Å². The zero-order chi connectivity index (χ0) is 9.54. The summed E-state index contributed by atoms with van der Waals surface area (Å²) >= 11 is 0. The van der Waals surface area contributed by atoms with E-state index in [-0.39, 0.29) is 0 Å². The Bertz CT molecular complexity index is 487. The second-order valence-corrected chi connectivity index (χ2v) is 3.96. The third-order valence-corrected chi connectivity index (χ3v) is 2.78. The van der Waals surface area contributed by atoms with Crippen molar-refractivity contribution < 1.29 is 0 Å². The molecule has 14 heavy (non-hydrogen) atoms.